The molecule has 6 nitrogen and oxygen atoms in total. The van der Waals surface area contributed by atoms with Crippen LogP contribution >= 0.6 is 0 Å². The molecule has 1 aromatic heterocycles. The maximum atomic E-state index is 12.4. The summed E-state index contributed by atoms with van der Waals surface area (Å²) in [7, 11) is 0. The monoisotopic (exact) mass is 416 g/mol. The molecular formula is C25H24N2O4. The van der Waals surface area contributed by atoms with Gasteiger partial charge in [-0.2, -0.15) is 0 Å². The van der Waals surface area contributed by atoms with E-state index in [0.717, 1.165) is 29.7 Å². The molecule has 0 saturated carbocycles. The fourth-order valence-electron chi connectivity index (χ4n) is 3.88. The summed E-state index contributed by atoms with van der Waals surface area (Å²) >= 11 is 0. The first-order valence-electron chi connectivity index (χ1n) is 10.4. The lowest BCUT2D eigenvalue weighted by atomic mass is 9.92. The summed E-state index contributed by atoms with van der Waals surface area (Å²) in [6.45, 7) is 1.37. The number of piperidine rings is 1. The predicted octanol–water partition coefficient (Wildman–Crippen LogP) is 4.96. The Bertz CT molecular complexity index is 1050. The summed E-state index contributed by atoms with van der Waals surface area (Å²) in [4.78, 5) is 30.4. The summed E-state index contributed by atoms with van der Waals surface area (Å²) < 4.78 is 5.42. The minimum atomic E-state index is -1.04. The largest absolute Gasteiger partial charge is 0.476 e. The van der Waals surface area contributed by atoms with Crippen LogP contribution in [0.4, 0.5) is 4.79 Å². The summed E-state index contributed by atoms with van der Waals surface area (Å²) in [5, 5.41) is 9.69. The molecule has 31 heavy (non-hydrogen) atoms. The highest BCUT2D eigenvalue weighted by Crippen LogP contribution is 2.30. The Balaban J connectivity index is 1.40. The fourth-order valence-corrected chi connectivity index (χ4v) is 3.88. The third kappa shape index (κ3) is 4.91. The molecule has 2 heterocycles. The van der Waals surface area contributed by atoms with Crippen molar-refractivity contribution in [2.75, 3.05) is 13.1 Å². The average molecular weight is 416 g/mol. The van der Waals surface area contributed by atoms with Gasteiger partial charge in [-0.25, -0.2) is 14.6 Å². The number of carbonyl (C=O) groups is 2. The van der Waals surface area contributed by atoms with Crippen LogP contribution in [0.15, 0.2) is 72.8 Å². The number of rotatable bonds is 5. The van der Waals surface area contributed by atoms with E-state index in [2.05, 4.69) is 4.98 Å². The molecule has 2 aromatic carbocycles. The number of benzene rings is 2. The van der Waals surface area contributed by atoms with Crippen LogP contribution in [0.1, 0.15) is 40.5 Å². The maximum Gasteiger partial charge on any atom is 0.410 e. The van der Waals surface area contributed by atoms with Gasteiger partial charge in [0, 0.05) is 30.3 Å². The van der Waals surface area contributed by atoms with Crippen molar-refractivity contribution in [1.82, 2.24) is 9.88 Å². The average Bonchev–Trinajstić information content (AvgIpc) is 2.83. The van der Waals surface area contributed by atoms with Crippen LogP contribution in [0, 0.1) is 0 Å². The zero-order chi connectivity index (χ0) is 21.6. The van der Waals surface area contributed by atoms with Crippen molar-refractivity contribution >= 4 is 12.1 Å². The number of ether oxygens (including phenoxy) is 1. The zero-order valence-corrected chi connectivity index (χ0v) is 17.1. The van der Waals surface area contributed by atoms with Gasteiger partial charge in [-0.1, -0.05) is 66.7 Å². The van der Waals surface area contributed by atoms with Gasteiger partial charge in [0.1, 0.15) is 6.61 Å². The number of aromatic carboxylic acids is 1. The van der Waals surface area contributed by atoms with Crippen molar-refractivity contribution in [3.8, 4) is 11.1 Å². The van der Waals surface area contributed by atoms with E-state index >= 15 is 0 Å². The fraction of sp³-hybridized carbons (Fsp3) is 0.240. The first-order chi connectivity index (χ1) is 15.1. The Morgan fingerprint density at radius 3 is 2.23 bits per heavy atom. The molecule has 158 valence electrons. The molecule has 1 fully saturated rings. The predicted molar refractivity (Wildman–Crippen MR) is 117 cm³/mol. The van der Waals surface area contributed by atoms with E-state index in [9.17, 15) is 14.7 Å². The quantitative estimate of drug-likeness (QED) is 0.636. The van der Waals surface area contributed by atoms with Crippen molar-refractivity contribution in [3.63, 3.8) is 0 Å². The van der Waals surface area contributed by atoms with Gasteiger partial charge in [0.05, 0.1) is 0 Å². The molecular weight excluding hydrogens is 392 g/mol. The minimum Gasteiger partial charge on any atom is -0.476 e. The third-order valence-electron chi connectivity index (χ3n) is 5.58. The van der Waals surface area contributed by atoms with Crippen LogP contribution in [0.2, 0.25) is 0 Å². The molecule has 0 atom stereocenters. The lowest BCUT2D eigenvalue weighted by molar-refractivity contribution is 0.0691. The molecule has 3 aromatic rings. The van der Waals surface area contributed by atoms with Crippen LogP contribution in [0.3, 0.4) is 0 Å². The second kappa shape index (κ2) is 9.43. The Morgan fingerprint density at radius 2 is 1.58 bits per heavy atom. The van der Waals surface area contributed by atoms with E-state index in [1.807, 2.05) is 72.8 Å². The molecule has 1 N–H and O–H groups in total. The Morgan fingerprint density at radius 1 is 0.935 bits per heavy atom. The Hall–Kier alpha value is -3.67. The van der Waals surface area contributed by atoms with E-state index in [1.165, 1.54) is 0 Å². The molecule has 1 saturated heterocycles. The van der Waals surface area contributed by atoms with Crippen molar-refractivity contribution in [2.24, 2.45) is 0 Å². The van der Waals surface area contributed by atoms with Gasteiger partial charge >= 0.3 is 12.1 Å². The zero-order valence-electron chi connectivity index (χ0n) is 17.1. The second-order valence-electron chi connectivity index (χ2n) is 7.60. The smallest absolute Gasteiger partial charge is 0.410 e. The van der Waals surface area contributed by atoms with Crippen molar-refractivity contribution in [3.05, 3.63) is 89.7 Å². The molecule has 4 rings (SSSR count). The van der Waals surface area contributed by atoms with Gasteiger partial charge in [0.25, 0.3) is 0 Å². The van der Waals surface area contributed by atoms with Gasteiger partial charge in [0.15, 0.2) is 5.69 Å². The van der Waals surface area contributed by atoms with Gasteiger partial charge in [-0.05, 0) is 30.0 Å². The number of hydrogen-bond acceptors (Lipinski definition) is 4. The van der Waals surface area contributed by atoms with E-state index in [0.29, 0.717) is 18.7 Å². The van der Waals surface area contributed by atoms with Crippen molar-refractivity contribution in [1.29, 1.82) is 0 Å². The van der Waals surface area contributed by atoms with Crippen LogP contribution < -0.4 is 0 Å². The number of pyridine rings is 1. The first-order valence-corrected chi connectivity index (χ1v) is 10.4. The summed E-state index contributed by atoms with van der Waals surface area (Å²) in [6.07, 6.45) is 1.12. The molecule has 1 amide bonds. The lowest BCUT2D eigenvalue weighted by Gasteiger charge is -2.31. The number of aromatic nitrogens is 1. The molecule has 0 spiro atoms. The SMILES string of the molecule is O=C(O)c1nc(C2CCN(C(=O)OCc3ccccc3)CC2)ccc1-c1ccccc1. The number of carbonyl (C=O) groups excluding carboxylic acids is 1. The summed E-state index contributed by atoms with van der Waals surface area (Å²) in [5.74, 6) is -0.927. The maximum absolute atomic E-state index is 12.4. The molecule has 0 bridgehead atoms. The van der Waals surface area contributed by atoms with Crippen molar-refractivity contribution in [2.45, 2.75) is 25.4 Å². The van der Waals surface area contributed by atoms with Crippen LogP contribution in [-0.2, 0) is 11.3 Å². The minimum absolute atomic E-state index is 0.0633. The highest BCUT2D eigenvalue weighted by atomic mass is 16.6. The Labute approximate surface area is 181 Å². The van der Waals surface area contributed by atoms with E-state index < -0.39 is 5.97 Å². The Kier molecular flexibility index (Phi) is 6.26. The highest BCUT2D eigenvalue weighted by Gasteiger charge is 2.27. The van der Waals surface area contributed by atoms with Gasteiger partial charge in [-0.15, -0.1) is 0 Å². The van der Waals surface area contributed by atoms with Gasteiger partial charge in [-0.3, -0.25) is 0 Å². The highest BCUT2D eigenvalue weighted by molar-refractivity contribution is 5.94. The standard InChI is InChI=1S/C25H24N2O4/c28-24(29)23-21(19-9-5-2-6-10-19)11-12-22(26-23)20-13-15-27(16-14-20)25(30)31-17-18-7-3-1-4-8-18/h1-12,20H,13-17H2,(H,28,29). The number of likely N-dealkylation sites (tertiary alicyclic amines) is 1. The van der Waals surface area contributed by atoms with Crippen LogP contribution in [0.5, 0.6) is 0 Å². The number of hydrogen-bond donors (Lipinski definition) is 1. The van der Waals surface area contributed by atoms with E-state index in [1.54, 1.807) is 4.90 Å². The number of nitrogens with zero attached hydrogens (tertiary/aromatic N) is 2. The number of carboxylic acids is 1. The van der Waals surface area contributed by atoms with Gasteiger partial charge in [0.2, 0.25) is 0 Å². The van der Waals surface area contributed by atoms with Crippen molar-refractivity contribution < 1.29 is 19.4 Å². The summed E-state index contributed by atoms with van der Waals surface area (Å²) in [5.41, 5.74) is 3.21. The van der Waals surface area contributed by atoms with E-state index in [4.69, 9.17) is 4.74 Å². The third-order valence-corrected chi connectivity index (χ3v) is 5.58. The topological polar surface area (TPSA) is 79.7 Å². The first kappa shape index (κ1) is 20.6. The van der Waals surface area contributed by atoms with E-state index in [-0.39, 0.29) is 24.3 Å². The molecule has 1 aliphatic heterocycles. The molecule has 6 heteroatoms. The molecule has 0 radical (unpaired) electrons. The normalized spacial score (nSPS) is 14.3. The molecule has 0 unspecified atom stereocenters. The van der Waals surface area contributed by atoms with Crippen LogP contribution in [-0.4, -0.2) is 40.1 Å². The molecule has 1 aliphatic rings. The molecule has 0 aliphatic carbocycles. The number of amides is 1. The van der Waals surface area contributed by atoms with Crippen LogP contribution in [0.25, 0.3) is 11.1 Å². The number of carboxylic acid groups (broad SMARTS) is 1. The van der Waals surface area contributed by atoms with Gasteiger partial charge < -0.3 is 14.7 Å². The summed E-state index contributed by atoms with van der Waals surface area (Å²) in [6, 6.07) is 22.7. The lowest BCUT2D eigenvalue weighted by Crippen LogP contribution is -2.38. The second-order valence-corrected chi connectivity index (χ2v) is 7.60.